The maximum atomic E-state index is 11.6. The van der Waals surface area contributed by atoms with Gasteiger partial charge in [0.05, 0.1) is 4.92 Å². The first-order chi connectivity index (χ1) is 11.1. The molecule has 7 heteroatoms. The molecule has 2 aromatic rings. The summed E-state index contributed by atoms with van der Waals surface area (Å²) in [6.45, 7) is 5.57. The number of benzene rings is 1. The van der Waals surface area contributed by atoms with Crippen molar-refractivity contribution in [1.29, 1.82) is 0 Å². The molecule has 7 nitrogen and oxygen atoms in total. The molecule has 0 saturated carbocycles. The number of hydrogen-bond acceptors (Lipinski definition) is 6. The fourth-order valence-electron chi connectivity index (χ4n) is 2.80. The standard InChI is InChI=1S/C16H19N5O2/c1-11-6-5-7-13(12(11)2)19-15-14(21(22)23)16(18-10-17-15)20-8-3-4-9-20/h5-7,10H,3-4,8-9H2,1-2H3,(H,17,18,19). The Balaban J connectivity index is 2.03. The van der Waals surface area contributed by atoms with Gasteiger partial charge >= 0.3 is 5.69 Å². The summed E-state index contributed by atoms with van der Waals surface area (Å²) in [5.41, 5.74) is 2.92. The fraction of sp³-hybridized carbons (Fsp3) is 0.375. The van der Waals surface area contributed by atoms with Crippen molar-refractivity contribution in [2.24, 2.45) is 0 Å². The van der Waals surface area contributed by atoms with E-state index < -0.39 is 4.92 Å². The number of nitro groups is 1. The molecule has 2 heterocycles. The molecular weight excluding hydrogens is 294 g/mol. The molecule has 1 fully saturated rings. The molecule has 3 rings (SSSR count). The Morgan fingerprint density at radius 3 is 2.65 bits per heavy atom. The number of nitrogens with zero attached hydrogens (tertiary/aromatic N) is 4. The van der Waals surface area contributed by atoms with Gasteiger partial charge in [-0.1, -0.05) is 12.1 Å². The molecule has 1 aliphatic rings. The van der Waals surface area contributed by atoms with Crippen LogP contribution in [0.25, 0.3) is 0 Å². The van der Waals surface area contributed by atoms with Crippen LogP contribution in [0.3, 0.4) is 0 Å². The summed E-state index contributed by atoms with van der Waals surface area (Å²) in [7, 11) is 0. The van der Waals surface area contributed by atoms with E-state index in [9.17, 15) is 10.1 Å². The molecule has 0 atom stereocenters. The summed E-state index contributed by atoms with van der Waals surface area (Å²) in [6.07, 6.45) is 3.44. The topological polar surface area (TPSA) is 84.2 Å². The maximum absolute atomic E-state index is 11.6. The Hall–Kier alpha value is -2.70. The van der Waals surface area contributed by atoms with Crippen LogP contribution in [0.1, 0.15) is 24.0 Å². The largest absolute Gasteiger partial charge is 0.353 e. The van der Waals surface area contributed by atoms with Gasteiger partial charge in [0.25, 0.3) is 0 Å². The second-order valence-electron chi connectivity index (χ2n) is 5.72. The van der Waals surface area contributed by atoms with Gasteiger partial charge in [-0.15, -0.1) is 0 Å². The average Bonchev–Trinajstić information content (AvgIpc) is 3.05. The first-order valence-electron chi connectivity index (χ1n) is 7.65. The van der Waals surface area contributed by atoms with Crippen LogP contribution in [0.5, 0.6) is 0 Å². The van der Waals surface area contributed by atoms with Gasteiger partial charge in [-0.25, -0.2) is 9.97 Å². The van der Waals surface area contributed by atoms with Crippen LogP contribution in [-0.4, -0.2) is 28.0 Å². The molecule has 23 heavy (non-hydrogen) atoms. The van der Waals surface area contributed by atoms with E-state index in [4.69, 9.17) is 0 Å². The lowest BCUT2D eigenvalue weighted by atomic mass is 10.1. The Morgan fingerprint density at radius 1 is 1.22 bits per heavy atom. The van der Waals surface area contributed by atoms with E-state index in [-0.39, 0.29) is 11.5 Å². The van der Waals surface area contributed by atoms with Crippen molar-refractivity contribution in [3.05, 3.63) is 45.8 Å². The summed E-state index contributed by atoms with van der Waals surface area (Å²) in [4.78, 5) is 21.4. The SMILES string of the molecule is Cc1cccc(Nc2ncnc(N3CCCC3)c2[N+](=O)[O-])c1C. The lowest BCUT2D eigenvalue weighted by Crippen LogP contribution is -2.21. The minimum absolute atomic E-state index is 0.0599. The van der Waals surface area contributed by atoms with Crippen molar-refractivity contribution in [2.75, 3.05) is 23.3 Å². The van der Waals surface area contributed by atoms with Gasteiger partial charge in [0.2, 0.25) is 11.6 Å². The van der Waals surface area contributed by atoms with E-state index in [2.05, 4.69) is 15.3 Å². The van der Waals surface area contributed by atoms with Crippen LogP contribution in [-0.2, 0) is 0 Å². The van der Waals surface area contributed by atoms with Gasteiger partial charge in [-0.3, -0.25) is 10.1 Å². The zero-order valence-electron chi connectivity index (χ0n) is 13.2. The molecule has 1 N–H and O–H groups in total. The van der Waals surface area contributed by atoms with Gasteiger partial charge in [0.15, 0.2) is 0 Å². The Bertz CT molecular complexity index is 741. The van der Waals surface area contributed by atoms with Gasteiger partial charge < -0.3 is 10.2 Å². The predicted molar refractivity (Wildman–Crippen MR) is 89.3 cm³/mol. The van der Waals surface area contributed by atoms with Crippen LogP contribution >= 0.6 is 0 Å². The van der Waals surface area contributed by atoms with E-state index in [1.165, 1.54) is 6.33 Å². The molecule has 0 radical (unpaired) electrons. The molecule has 0 aliphatic carbocycles. The molecule has 0 unspecified atom stereocenters. The Kier molecular flexibility index (Phi) is 4.10. The van der Waals surface area contributed by atoms with Crippen molar-refractivity contribution in [2.45, 2.75) is 26.7 Å². The molecular formula is C16H19N5O2. The third-order valence-corrected chi connectivity index (χ3v) is 4.25. The lowest BCUT2D eigenvalue weighted by molar-refractivity contribution is -0.383. The minimum Gasteiger partial charge on any atom is -0.351 e. The third-order valence-electron chi connectivity index (χ3n) is 4.25. The predicted octanol–water partition coefficient (Wildman–Crippen LogP) is 3.35. The van der Waals surface area contributed by atoms with Gasteiger partial charge in [0.1, 0.15) is 6.33 Å². The molecule has 0 spiro atoms. The monoisotopic (exact) mass is 313 g/mol. The second-order valence-corrected chi connectivity index (χ2v) is 5.72. The van der Waals surface area contributed by atoms with E-state index in [0.717, 1.165) is 42.7 Å². The number of aromatic nitrogens is 2. The van der Waals surface area contributed by atoms with Crippen LogP contribution in [0.4, 0.5) is 23.0 Å². The van der Waals surface area contributed by atoms with Crippen molar-refractivity contribution in [3.63, 3.8) is 0 Å². The average molecular weight is 313 g/mol. The maximum Gasteiger partial charge on any atom is 0.353 e. The molecule has 120 valence electrons. The molecule has 1 aromatic carbocycles. The zero-order chi connectivity index (χ0) is 16.4. The zero-order valence-corrected chi connectivity index (χ0v) is 13.2. The number of nitrogens with one attached hydrogen (secondary N) is 1. The Morgan fingerprint density at radius 2 is 1.96 bits per heavy atom. The fourth-order valence-corrected chi connectivity index (χ4v) is 2.80. The number of anilines is 3. The van der Waals surface area contributed by atoms with Gasteiger partial charge in [-0.05, 0) is 43.9 Å². The van der Waals surface area contributed by atoms with Crippen LogP contribution in [0, 0.1) is 24.0 Å². The summed E-state index contributed by atoms with van der Waals surface area (Å²) in [5.74, 6) is 0.635. The van der Waals surface area contributed by atoms with Crippen molar-refractivity contribution in [3.8, 4) is 0 Å². The van der Waals surface area contributed by atoms with Gasteiger partial charge in [0, 0.05) is 18.8 Å². The quantitative estimate of drug-likeness (QED) is 0.688. The highest BCUT2D eigenvalue weighted by Gasteiger charge is 2.28. The minimum atomic E-state index is -0.402. The lowest BCUT2D eigenvalue weighted by Gasteiger charge is -2.17. The highest BCUT2D eigenvalue weighted by Crippen LogP contribution is 2.35. The van der Waals surface area contributed by atoms with E-state index >= 15 is 0 Å². The molecule has 1 saturated heterocycles. The van der Waals surface area contributed by atoms with Crippen molar-refractivity contribution < 1.29 is 4.92 Å². The number of rotatable bonds is 4. The van der Waals surface area contributed by atoms with E-state index in [1.54, 1.807) is 0 Å². The first-order valence-corrected chi connectivity index (χ1v) is 7.65. The van der Waals surface area contributed by atoms with Crippen LogP contribution < -0.4 is 10.2 Å². The third kappa shape index (κ3) is 2.94. The summed E-state index contributed by atoms with van der Waals surface area (Å²) in [5, 5.41) is 14.7. The first kappa shape index (κ1) is 15.2. The summed E-state index contributed by atoms with van der Waals surface area (Å²) in [6, 6.07) is 5.81. The van der Waals surface area contributed by atoms with Gasteiger partial charge in [-0.2, -0.15) is 0 Å². The number of aryl methyl sites for hydroxylation is 1. The number of hydrogen-bond donors (Lipinski definition) is 1. The van der Waals surface area contributed by atoms with E-state index in [0.29, 0.717) is 5.82 Å². The second kappa shape index (κ2) is 6.20. The summed E-state index contributed by atoms with van der Waals surface area (Å²) >= 11 is 0. The highest BCUT2D eigenvalue weighted by atomic mass is 16.6. The van der Waals surface area contributed by atoms with Crippen LogP contribution in [0.2, 0.25) is 0 Å². The van der Waals surface area contributed by atoms with Crippen LogP contribution in [0.15, 0.2) is 24.5 Å². The molecule has 0 amide bonds. The highest BCUT2D eigenvalue weighted by molar-refractivity contribution is 5.75. The van der Waals surface area contributed by atoms with Crippen molar-refractivity contribution >= 4 is 23.0 Å². The Labute approximate surface area is 134 Å². The van der Waals surface area contributed by atoms with Crippen molar-refractivity contribution in [1.82, 2.24) is 9.97 Å². The smallest absolute Gasteiger partial charge is 0.351 e. The normalized spacial score (nSPS) is 14.1. The van der Waals surface area contributed by atoms with E-state index in [1.807, 2.05) is 36.9 Å². The molecule has 1 aliphatic heterocycles. The summed E-state index contributed by atoms with van der Waals surface area (Å²) < 4.78 is 0. The molecule has 0 bridgehead atoms. The molecule has 1 aromatic heterocycles.